The Bertz CT molecular complexity index is 1110. The van der Waals surface area contributed by atoms with Gasteiger partial charge < -0.3 is 24.9 Å². The van der Waals surface area contributed by atoms with Crippen LogP contribution in [0, 0.1) is 6.07 Å². The molecule has 1 amide bonds. The minimum atomic E-state index is -1.17. The molecule has 1 heterocycles. The van der Waals surface area contributed by atoms with Crippen LogP contribution in [0.3, 0.4) is 0 Å². The van der Waals surface area contributed by atoms with E-state index in [1.165, 1.54) is 0 Å². The highest BCUT2D eigenvalue weighted by molar-refractivity contribution is 5.98. The fourth-order valence-electron chi connectivity index (χ4n) is 3.26. The number of aromatic nitrogens is 1. The zero-order chi connectivity index (χ0) is 22.6. The lowest BCUT2D eigenvalue weighted by molar-refractivity contribution is -0.139. The van der Waals surface area contributed by atoms with Gasteiger partial charge in [0.05, 0.1) is 5.52 Å². The molecule has 0 aliphatic rings. The van der Waals surface area contributed by atoms with E-state index in [0.29, 0.717) is 23.3 Å². The number of carbonyl (C=O) groups excluding carboxylic acids is 2. The second-order valence-electron chi connectivity index (χ2n) is 7.92. The van der Waals surface area contributed by atoms with Crippen molar-refractivity contribution in [2.45, 2.75) is 38.8 Å². The molecule has 0 fully saturated rings. The summed E-state index contributed by atoms with van der Waals surface area (Å²) in [7, 11) is 0. The number of hydrogen-bond acceptors (Lipinski definition) is 5. The number of aliphatic carboxylic acids is 1. The van der Waals surface area contributed by atoms with Gasteiger partial charge in [0.25, 0.3) is 6.47 Å². The summed E-state index contributed by atoms with van der Waals surface area (Å²) in [6.07, 6.45) is 0.964. The monoisotopic (exact) mass is 423 g/mol. The zero-order valence-electron chi connectivity index (χ0n) is 17.4. The van der Waals surface area contributed by atoms with Crippen molar-refractivity contribution in [3.05, 3.63) is 54.2 Å². The van der Waals surface area contributed by atoms with E-state index in [9.17, 15) is 19.5 Å². The average Bonchev–Trinajstić information content (AvgIpc) is 3.10. The van der Waals surface area contributed by atoms with Gasteiger partial charge in [0.2, 0.25) is 0 Å². The van der Waals surface area contributed by atoms with Crippen LogP contribution in [-0.4, -0.2) is 40.3 Å². The number of H-pyrrole nitrogens is 1. The summed E-state index contributed by atoms with van der Waals surface area (Å²) in [5.41, 5.74) is 2.19. The molecule has 2 aromatic carbocycles. The van der Waals surface area contributed by atoms with Gasteiger partial charge in [0, 0.05) is 29.1 Å². The molecule has 161 valence electrons. The average molecular weight is 423 g/mol. The number of carboxylic acid groups (broad SMARTS) is 1. The van der Waals surface area contributed by atoms with Gasteiger partial charge in [-0.3, -0.25) is 4.79 Å². The Balaban J connectivity index is 1.92. The van der Waals surface area contributed by atoms with Crippen LogP contribution >= 0.6 is 0 Å². The summed E-state index contributed by atoms with van der Waals surface area (Å²) in [5.74, 6) is -0.812. The molecule has 1 atom stereocenters. The minimum absolute atomic E-state index is 0.0539. The molecule has 0 aliphatic carbocycles. The van der Waals surface area contributed by atoms with Crippen molar-refractivity contribution < 1.29 is 29.0 Å². The molecule has 0 saturated carbocycles. The maximum Gasteiger partial charge on any atom is 0.408 e. The number of hydrogen-bond donors (Lipinski definition) is 3. The lowest BCUT2D eigenvalue weighted by atomic mass is 9.99. The third kappa shape index (κ3) is 5.22. The Labute approximate surface area is 179 Å². The second-order valence-corrected chi connectivity index (χ2v) is 7.92. The van der Waals surface area contributed by atoms with Crippen LogP contribution in [-0.2, 0) is 20.7 Å². The third-order valence-corrected chi connectivity index (χ3v) is 4.51. The molecule has 0 bridgehead atoms. The summed E-state index contributed by atoms with van der Waals surface area (Å²) in [4.78, 5) is 37.8. The molecule has 3 rings (SSSR count). The van der Waals surface area contributed by atoms with Gasteiger partial charge in [-0.15, -0.1) is 0 Å². The smallest absolute Gasteiger partial charge is 0.408 e. The summed E-state index contributed by atoms with van der Waals surface area (Å²) in [6.45, 7) is 5.46. The number of rotatable bonds is 7. The fraction of sp³-hybridized carbons (Fsp3) is 0.261. The highest BCUT2D eigenvalue weighted by atomic mass is 16.6. The van der Waals surface area contributed by atoms with Crippen LogP contribution in [0.5, 0.6) is 5.75 Å². The maximum atomic E-state index is 12.1. The highest BCUT2D eigenvalue weighted by Gasteiger charge is 2.25. The summed E-state index contributed by atoms with van der Waals surface area (Å²) in [6, 6.07) is 12.3. The molecular formula is C23H23N2O6. The lowest BCUT2D eigenvalue weighted by Gasteiger charge is -2.22. The van der Waals surface area contributed by atoms with Crippen molar-refractivity contribution >= 4 is 29.4 Å². The van der Waals surface area contributed by atoms with E-state index in [-0.39, 0.29) is 6.42 Å². The Kier molecular flexibility index (Phi) is 6.29. The molecule has 31 heavy (non-hydrogen) atoms. The first kappa shape index (κ1) is 21.9. The number of aromatic amines is 1. The van der Waals surface area contributed by atoms with Gasteiger partial charge in [0.1, 0.15) is 17.4 Å². The molecular weight excluding hydrogens is 400 g/mol. The van der Waals surface area contributed by atoms with E-state index in [1.807, 2.05) is 18.2 Å². The predicted molar refractivity (Wildman–Crippen MR) is 114 cm³/mol. The fourth-order valence-corrected chi connectivity index (χ4v) is 3.26. The van der Waals surface area contributed by atoms with Crippen molar-refractivity contribution in [1.82, 2.24) is 10.3 Å². The molecule has 0 aliphatic heterocycles. The topological polar surface area (TPSA) is 118 Å². The maximum absolute atomic E-state index is 12.1. The molecule has 3 N–H and O–H groups in total. The van der Waals surface area contributed by atoms with Crippen molar-refractivity contribution in [1.29, 1.82) is 0 Å². The number of para-hydroxylation sites is 1. The first-order chi connectivity index (χ1) is 14.7. The molecule has 1 aromatic heterocycles. The molecule has 8 heteroatoms. The van der Waals surface area contributed by atoms with Crippen LogP contribution in [0.4, 0.5) is 4.79 Å². The largest absolute Gasteiger partial charge is 0.480 e. The highest BCUT2D eigenvalue weighted by Crippen LogP contribution is 2.35. The van der Waals surface area contributed by atoms with Crippen molar-refractivity contribution in [3.8, 4) is 16.9 Å². The standard InChI is InChI=1S/C23H23N2O6/c1-23(2,3)31-22(29)25-18(21(27)28)11-14-12-24-20-15(14)8-6-9-17(20)16-7-4-5-10-19(16)30-13-26/h4,6-10,12-13,18,24H,11H2,1-3H3,(H,25,29)(H,27,28)/t18-/m0/s1. The van der Waals surface area contributed by atoms with Gasteiger partial charge in [-0.05, 0) is 44.5 Å². The Hall–Kier alpha value is -3.81. The van der Waals surface area contributed by atoms with Crippen molar-refractivity contribution in [2.24, 2.45) is 0 Å². The number of alkyl carbamates (subject to hydrolysis) is 1. The van der Waals surface area contributed by atoms with E-state index in [4.69, 9.17) is 9.47 Å². The molecule has 0 saturated heterocycles. The van der Waals surface area contributed by atoms with E-state index < -0.39 is 23.7 Å². The van der Waals surface area contributed by atoms with Gasteiger partial charge in [-0.25, -0.2) is 9.59 Å². The molecule has 0 spiro atoms. The van der Waals surface area contributed by atoms with Crippen molar-refractivity contribution in [2.75, 3.05) is 0 Å². The first-order valence-electron chi connectivity index (χ1n) is 9.61. The predicted octanol–water partition coefficient (Wildman–Crippen LogP) is 3.69. The number of nitrogens with one attached hydrogen (secondary N) is 2. The summed E-state index contributed by atoms with van der Waals surface area (Å²) < 4.78 is 10.2. The van der Waals surface area contributed by atoms with Gasteiger partial charge >= 0.3 is 12.1 Å². The number of carboxylic acids is 1. The van der Waals surface area contributed by atoms with Crippen LogP contribution in [0.15, 0.2) is 42.6 Å². The summed E-state index contributed by atoms with van der Waals surface area (Å²) >= 11 is 0. The Morgan fingerprint density at radius 1 is 1.26 bits per heavy atom. The zero-order valence-corrected chi connectivity index (χ0v) is 17.4. The van der Waals surface area contributed by atoms with E-state index >= 15 is 0 Å². The molecule has 0 unspecified atom stereocenters. The van der Waals surface area contributed by atoms with Crippen LogP contribution in [0.25, 0.3) is 22.0 Å². The van der Waals surface area contributed by atoms with E-state index in [0.717, 1.165) is 16.5 Å². The van der Waals surface area contributed by atoms with Crippen LogP contribution < -0.4 is 10.1 Å². The number of amides is 1. The normalized spacial score (nSPS) is 12.2. The van der Waals surface area contributed by atoms with E-state index in [1.54, 1.807) is 45.2 Å². The van der Waals surface area contributed by atoms with Crippen LogP contribution in [0.1, 0.15) is 26.3 Å². The molecule has 8 nitrogen and oxygen atoms in total. The Morgan fingerprint density at radius 2 is 2.03 bits per heavy atom. The second kappa shape index (κ2) is 8.91. The van der Waals surface area contributed by atoms with Gasteiger partial charge in [-0.1, -0.05) is 24.3 Å². The van der Waals surface area contributed by atoms with Crippen molar-refractivity contribution in [3.63, 3.8) is 0 Å². The van der Waals surface area contributed by atoms with Crippen LogP contribution in [0.2, 0.25) is 0 Å². The SMILES string of the molecule is CC(C)(C)OC(=O)N[C@@H](Cc1c[nH]c2c(-c3cc[c]cc3OC=O)cccc12)C(=O)O. The Morgan fingerprint density at radius 3 is 2.71 bits per heavy atom. The number of carbonyl (C=O) groups is 3. The first-order valence-corrected chi connectivity index (χ1v) is 9.61. The summed E-state index contributed by atoms with van der Waals surface area (Å²) in [5, 5.41) is 12.8. The number of benzene rings is 2. The van der Waals surface area contributed by atoms with Gasteiger partial charge in [0.15, 0.2) is 0 Å². The third-order valence-electron chi connectivity index (χ3n) is 4.51. The number of ether oxygens (including phenoxy) is 2. The minimum Gasteiger partial charge on any atom is -0.480 e. The van der Waals surface area contributed by atoms with Gasteiger partial charge in [-0.2, -0.15) is 0 Å². The quantitative estimate of drug-likeness (QED) is 0.499. The molecule has 3 aromatic rings. The number of fused-ring (bicyclic) bond motifs is 1. The van der Waals surface area contributed by atoms with E-state index in [2.05, 4.69) is 16.4 Å². The lowest BCUT2D eigenvalue weighted by Crippen LogP contribution is -2.44. The molecule has 1 radical (unpaired) electrons.